The van der Waals surface area contributed by atoms with Crippen LogP contribution in [0.1, 0.15) is 201 Å². The number of allylic oxidation sites excluding steroid dienone is 32. The fourth-order valence-corrected chi connectivity index (χ4v) is 6.88. The number of carbonyl (C=O) groups excluding carboxylic acids is 3. The molecule has 414 valence electrons. The number of unbranched alkanes of at least 4 members (excludes halogenated alkanes) is 6. The number of carbonyl (C=O) groups is 3. The molecule has 0 radical (unpaired) electrons. The summed E-state index contributed by atoms with van der Waals surface area (Å²) in [6, 6.07) is 0. The lowest BCUT2D eigenvalue weighted by molar-refractivity contribution is -0.166. The molecule has 0 aliphatic rings. The van der Waals surface area contributed by atoms with E-state index in [2.05, 4.69) is 203 Å². The Labute approximate surface area is 458 Å². The standard InChI is InChI=1S/C69H102O6/c1-4-7-10-13-16-19-22-25-28-31-33-34-36-38-41-44-47-50-53-56-59-62-68(71)74-65-66(64-73-67(70)61-58-55-52-49-46-43-40-37-30-27-24-21-18-15-12-9-6-3)75-69(72)63-60-57-54-51-48-45-42-39-35-32-29-26-23-20-17-14-11-8-5-2/h7-12,16-21,25-30,33-35,38-41,43,45,48-49,52,54,57,66H,4-6,13-15,22-24,31-32,36-37,42,44,46-47,50-51,53,55-56,58-65H2,1-3H3/b10-7-,11-8-,12-9-,19-16-,20-17-,21-18-,28-25-,29-26-,30-27-,34-33-,39-35-,41-38-,43-40-,48-45-,52-49-,57-54-. The van der Waals surface area contributed by atoms with Gasteiger partial charge >= 0.3 is 17.9 Å². The highest BCUT2D eigenvalue weighted by molar-refractivity contribution is 5.71. The SMILES string of the molecule is CC/C=C\C/C=C\C/C=C\C/C=C\C/C=C\C/C=C\CCC(=O)OC(COC(=O)CCC/C=C\C/C=C\C/C=C\C/C=C\C/C=C\CC)COC(=O)CCCCCCC/C=C\C/C=C\C/C=C\C/C=C\C/C=C\CC. The van der Waals surface area contributed by atoms with E-state index in [4.69, 9.17) is 14.2 Å². The summed E-state index contributed by atoms with van der Waals surface area (Å²) in [7, 11) is 0. The van der Waals surface area contributed by atoms with Crippen molar-refractivity contribution >= 4 is 17.9 Å². The maximum Gasteiger partial charge on any atom is 0.306 e. The molecule has 0 saturated carbocycles. The van der Waals surface area contributed by atoms with E-state index in [0.717, 1.165) is 148 Å². The first kappa shape index (κ1) is 69.2. The lowest BCUT2D eigenvalue weighted by atomic mass is 10.1. The Balaban J connectivity index is 4.67. The van der Waals surface area contributed by atoms with Crippen LogP contribution in [-0.4, -0.2) is 37.2 Å². The Bertz CT molecular complexity index is 1850. The van der Waals surface area contributed by atoms with Crippen molar-refractivity contribution in [2.24, 2.45) is 0 Å². The van der Waals surface area contributed by atoms with Gasteiger partial charge in [0.05, 0.1) is 0 Å². The molecule has 0 aliphatic carbocycles. The zero-order valence-corrected chi connectivity index (χ0v) is 47.2. The van der Waals surface area contributed by atoms with Gasteiger partial charge < -0.3 is 14.2 Å². The van der Waals surface area contributed by atoms with Gasteiger partial charge in [0, 0.05) is 19.3 Å². The summed E-state index contributed by atoms with van der Waals surface area (Å²) in [5.41, 5.74) is 0. The molecule has 0 bridgehead atoms. The second kappa shape index (κ2) is 60.8. The summed E-state index contributed by atoms with van der Waals surface area (Å²) >= 11 is 0. The molecule has 0 spiro atoms. The van der Waals surface area contributed by atoms with Gasteiger partial charge in [0.2, 0.25) is 0 Å². The van der Waals surface area contributed by atoms with Crippen LogP contribution in [0.2, 0.25) is 0 Å². The summed E-state index contributed by atoms with van der Waals surface area (Å²) in [5.74, 6) is -1.13. The molecule has 0 fully saturated rings. The van der Waals surface area contributed by atoms with Crippen LogP contribution in [0.4, 0.5) is 0 Å². The zero-order chi connectivity index (χ0) is 54.3. The van der Waals surface area contributed by atoms with Crippen molar-refractivity contribution in [2.75, 3.05) is 13.2 Å². The zero-order valence-electron chi connectivity index (χ0n) is 47.2. The van der Waals surface area contributed by atoms with Gasteiger partial charge in [-0.15, -0.1) is 0 Å². The maximum atomic E-state index is 12.8. The quantitative estimate of drug-likeness (QED) is 0.0261. The van der Waals surface area contributed by atoms with Gasteiger partial charge in [-0.1, -0.05) is 234 Å². The van der Waals surface area contributed by atoms with Crippen LogP contribution in [0, 0.1) is 0 Å². The average Bonchev–Trinajstić information content (AvgIpc) is 3.41. The second-order valence-electron chi connectivity index (χ2n) is 18.0. The monoisotopic (exact) mass is 1030 g/mol. The van der Waals surface area contributed by atoms with Crippen molar-refractivity contribution in [3.63, 3.8) is 0 Å². The first-order valence-corrected chi connectivity index (χ1v) is 28.9. The van der Waals surface area contributed by atoms with Gasteiger partial charge in [0.1, 0.15) is 13.2 Å². The van der Waals surface area contributed by atoms with Crippen LogP contribution in [-0.2, 0) is 28.6 Å². The van der Waals surface area contributed by atoms with E-state index in [9.17, 15) is 14.4 Å². The fraction of sp³-hybridized carbons (Fsp3) is 0.493. The molecule has 0 aromatic carbocycles. The number of ether oxygens (including phenoxy) is 3. The molecule has 0 N–H and O–H groups in total. The number of esters is 3. The van der Waals surface area contributed by atoms with E-state index in [1.807, 2.05) is 12.2 Å². The fourth-order valence-electron chi connectivity index (χ4n) is 6.88. The third kappa shape index (κ3) is 59.0. The highest BCUT2D eigenvalue weighted by atomic mass is 16.6. The van der Waals surface area contributed by atoms with E-state index < -0.39 is 12.1 Å². The molecule has 0 amide bonds. The Morgan fingerprint density at radius 2 is 0.520 bits per heavy atom. The van der Waals surface area contributed by atoms with Gasteiger partial charge in [0.15, 0.2) is 6.10 Å². The Morgan fingerprint density at radius 1 is 0.267 bits per heavy atom. The van der Waals surface area contributed by atoms with E-state index >= 15 is 0 Å². The molecule has 0 aliphatic heterocycles. The summed E-state index contributed by atoms with van der Waals surface area (Å²) in [6.45, 7) is 6.14. The predicted molar refractivity (Wildman–Crippen MR) is 324 cm³/mol. The number of rotatable bonds is 49. The van der Waals surface area contributed by atoms with Crippen LogP contribution in [0.3, 0.4) is 0 Å². The molecular weight excluding hydrogens is 925 g/mol. The third-order valence-electron chi connectivity index (χ3n) is 11.1. The van der Waals surface area contributed by atoms with Gasteiger partial charge in [-0.2, -0.15) is 0 Å². The summed E-state index contributed by atoms with van der Waals surface area (Å²) < 4.78 is 16.7. The molecule has 0 aromatic rings. The maximum absolute atomic E-state index is 12.8. The van der Waals surface area contributed by atoms with Crippen LogP contribution in [0.15, 0.2) is 194 Å². The van der Waals surface area contributed by atoms with Gasteiger partial charge in [-0.25, -0.2) is 0 Å². The molecule has 6 heteroatoms. The average molecular weight is 1030 g/mol. The minimum atomic E-state index is -0.863. The van der Waals surface area contributed by atoms with Crippen LogP contribution < -0.4 is 0 Å². The molecule has 6 nitrogen and oxygen atoms in total. The van der Waals surface area contributed by atoms with Crippen molar-refractivity contribution in [1.29, 1.82) is 0 Å². The van der Waals surface area contributed by atoms with Crippen LogP contribution in [0.5, 0.6) is 0 Å². The molecule has 1 unspecified atom stereocenters. The van der Waals surface area contributed by atoms with E-state index in [1.165, 1.54) is 0 Å². The normalized spacial score (nSPS) is 13.6. The van der Waals surface area contributed by atoms with Crippen molar-refractivity contribution in [1.82, 2.24) is 0 Å². The third-order valence-corrected chi connectivity index (χ3v) is 11.1. The van der Waals surface area contributed by atoms with Crippen molar-refractivity contribution < 1.29 is 28.6 Å². The predicted octanol–water partition coefficient (Wildman–Crippen LogP) is 19.9. The highest BCUT2D eigenvalue weighted by Gasteiger charge is 2.19. The molecule has 0 saturated heterocycles. The summed E-state index contributed by atoms with van der Waals surface area (Å²) in [6.07, 6.45) is 92.9. The Kier molecular flexibility index (Phi) is 56.1. The van der Waals surface area contributed by atoms with E-state index in [-0.39, 0.29) is 38.0 Å². The Morgan fingerprint density at radius 3 is 0.853 bits per heavy atom. The molecular formula is C69H102O6. The number of hydrogen-bond donors (Lipinski definition) is 0. The highest BCUT2D eigenvalue weighted by Crippen LogP contribution is 2.11. The molecule has 0 aromatic heterocycles. The van der Waals surface area contributed by atoms with Crippen molar-refractivity contribution in [2.45, 2.75) is 207 Å². The van der Waals surface area contributed by atoms with E-state index in [1.54, 1.807) is 0 Å². The van der Waals surface area contributed by atoms with Gasteiger partial charge in [-0.05, 0) is 141 Å². The van der Waals surface area contributed by atoms with Crippen LogP contribution in [0.25, 0.3) is 0 Å². The first-order valence-electron chi connectivity index (χ1n) is 28.9. The topological polar surface area (TPSA) is 78.9 Å². The summed E-state index contributed by atoms with van der Waals surface area (Å²) in [5, 5.41) is 0. The van der Waals surface area contributed by atoms with Gasteiger partial charge in [0.25, 0.3) is 0 Å². The van der Waals surface area contributed by atoms with Gasteiger partial charge in [-0.3, -0.25) is 14.4 Å². The molecule has 75 heavy (non-hydrogen) atoms. The lowest BCUT2D eigenvalue weighted by Gasteiger charge is -2.18. The molecule has 0 heterocycles. The van der Waals surface area contributed by atoms with Crippen LogP contribution >= 0.6 is 0 Å². The largest absolute Gasteiger partial charge is 0.462 e. The van der Waals surface area contributed by atoms with Crippen molar-refractivity contribution in [3.8, 4) is 0 Å². The number of hydrogen-bond acceptors (Lipinski definition) is 6. The smallest absolute Gasteiger partial charge is 0.306 e. The molecule has 0 rings (SSSR count). The van der Waals surface area contributed by atoms with Crippen molar-refractivity contribution in [3.05, 3.63) is 194 Å². The first-order chi connectivity index (χ1) is 37.0. The lowest BCUT2D eigenvalue weighted by Crippen LogP contribution is -2.30. The second-order valence-corrected chi connectivity index (χ2v) is 18.0. The minimum Gasteiger partial charge on any atom is -0.462 e. The molecule has 1 atom stereocenters. The minimum absolute atomic E-state index is 0.148. The van der Waals surface area contributed by atoms with E-state index in [0.29, 0.717) is 19.3 Å². The summed E-state index contributed by atoms with van der Waals surface area (Å²) in [4.78, 5) is 38.2. The Hall–Kier alpha value is -5.75.